The molecule has 1 aromatic heterocycles. The fourth-order valence-electron chi connectivity index (χ4n) is 1.85. The molecule has 1 rings (SSSR count). The lowest BCUT2D eigenvalue weighted by Crippen LogP contribution is -2.39. The van der Waals surface area contributed by atoms with Gasteiger partial charge in [0.05, 0.1) is 11.5 Å². The lowest BCUT2D eigenvalue weighted by atomic mass is 10.0. The molecule has 0 aromatic carbocycles. The summed E-state index contributed by atoms with van der Waals surface area (Å²) in [6.45, 7) is 4.30. The molecule has 0 unspecified atom stereocenters. The molecule has 0 spiro atoms. The third-order valence-corrected chi connectivity index (χ3v) is 7.55. The Morgan fingerprint density at radius 2 is 2.05 bits per heavy atom. The Kier molecular flexibility index (Phi) is 6.32. The fourth-order valence-corrected chi connectivity index (χ4v) is 5.15. The molecule has 110 valence electrons. The molecule has 0 saturated heterocycles. The van der Waals surface area contributed by atoms with E-state index in [1.807, 2.05) is 6.26 Å². The van der Waals surface area contributed by atoms with Crippen molar-refractivity contribution in [2.24, 2.45) is 0 Å². The highest BCUT2D eigenvalue weighted by molar-refractivity contribution is 8.00. The van der Waals surface area contributed by atoms with E-state index in [2.05, 4.69) is 18.6 Å². The van der Waals surface area contributed by atoms with Gasteiger partial charge in [0, 0.05) is 16.2 Å². The van der Waals surface area contributed by atoms with Gasteiger partial charge in [-0.05, 0) is 30.5 Å². The Labute approximate surface area is 123 Å². The van der Waals surface area contributed by atoms with Crippen molar-refractivity contribution in [2.45, 2.75) is 42.9 Å². The van der Waals surface area contributed by atoms with Gasteiger partial charge < -0.3 is 5.11 Å². The van der Waals surface area contributed by atoms with Crippen LogP contribution < -0.4 is 4.72 Å². The molecule has 0 aliphatic heterocycles. The number of hydrogen-bond acceptors (Lipinski definition) is 5. The maximum Gasteiger partial charge on any atom is 0.241 e. The van der Waals surface area contributed by atoms with Crippen molar-refractivity contribution in [1.29, 1.82) is 0 Å². The van der Waals surface area contributed by atoms with Crippen LogP contribution >= 0.6 is 23.1 Å². The molecule has 1 heterocycles. The molecular formula is C12H21NO3S3. The van der Waals surface area contributed by atoms with E-state index in [1.54, 1.807) is 17.1 Å². The number of thioether (sulfide) groups is 1. The van der Waals surface area contributed by atoms with Gasteiger partial charge in [-0.15, -0.1) is 11.3 Å². The molecule has 0 aliphatic rings. The number of thiophene rings is 1. The van der Waals surface area contributed by atoms with Crippen molar-refractivity contribution in [3.63, 3.8) is 0 Å². The first kappa shape index (κ1) is 17.0. The number of aliphatic hydroxyl groups is 1. The van der Waals surface area contributed by atoms with E-state index in [1.165, 1.54) is 17.4 Å². The highest BCUT2D eigenvalue weighted by Gasteiger charge is 2.28. The number of aliphatic hydroxyl groups excluding tert-OH is 1. The van der Waals surface area contributed by atoms with E-state index in [-0.39, 0.29) is 16.2 Å². The van der Waals surface area contributed by atoms with Gasteiger partial charge >= 0.3 is 0 Å². The molecule has 0 fully saturated rings. The summed E-state index contributed by atoms with van der Waals surface area (Å²) in [5.74, 6) is 0. The van der Waals surface area contributed by atoms with Gasteiger partial charge in [-0.25, -0.2) is 13.1 Å². The number of nitrogens with one attached hydrogen (secondary N) is 1. The van der Waals surface area contributed by atoms with E-state index in [0.717, 1.165) is 12.8 Å². The topological polar surface area (TPSA) is 66.4 Å². The second-order valence-electron chi connectivity index (χ2n) is 4.28. The molecule has 19 heavy (non-hydrogen) atoms. The minimum absolute atomic E-state index is 0.0670. The molecule has 0 atom stereocenters. The first-order valence-electron chi connectivity index (χ1n) is 6.16. The zero-order chi connectivity index (χ0) is 14.5. The van der Waals surface area contributed by atoms with Crippen molar-refractivity contribution in [1.82, 2.24) is 4.72 Å². The lowest BCUT2D eigenvalue weighted by molar-refractivity contribution is 0.282. The first-order valence-corrected chi connectivity index (χ1v) is 9.75. The summed E-state index contributed by atoms with van der Waals surface area (Å²) >= 11 is 2.94. The molecule has 0 aliphatic carbocycles. The van der Waals surface area contributed by atoms with Crippen LogP contribution in [0.25, 0.3) is 0 Å². The quantitative estimate of drug-likeness (QED) is 0.771. The highest BCUT2D eigenvalue weighted by Crippen LogP contribution is 2.30. The maximum atomic E-state index is 12.2. The summed E-state index contributed by atoms with van der Waals surface area (Å²) in [6, 6.07) is 1.54. The Morgan fingerprint density at radius 1 is 1.42 bits per heavy atom. The Hall–Kier alpha value is -0.0800. The average molecular weight is 324 g/mol. The van der Waals surface area contributed by atoms with E-state index in [0.29, 0.717) is 11.4 Å². The SMILES string of the molecule is CCC(CC)(CNS(=O)(=O)c1ccsc1CO)SC. The summed E-state index contributed by atoms with van der Waals surface area (Å²) in [5.41, 5.74) is 0. The average Bonchev–Trinajstić information content (AvgIpc) is 2.90. The first-order chi connectivity index (χ1) is 8.94. The van der Waals surface area contributed by atoms with Gasteiger partial charge in [0.25, 0.3) is 0 Å². The second kappa shape index (κ2) is 7.08. The Bertz CT molecular complexity index is 484. The zero-order valence-electron chi connectivity index (χ0n) is 11.5. The Balaban J connectivity index is 2.87. The highest BCUT2D eigenvalue weighted by atomic mass is 32.2. The number of sulfonamides is 1. The molecular weight excluding hydrogens is 302 g/mol. The van der Waals surface area contributed by atoms with Gasteiger partial charge in [-0.2, -0.15) is 11.8 Å². The fraction of sp³-hybridized carbons (Fsp3) is 0.667. The van der Waals surface area contributed by atoms with Crippen LogP contribution in [0.3, 0.4) is 0 Å². The van der Waals surface area contributed by atoms with Crippen LogP contribution in [0.15, 0.2) is 16.3 Å². The molecule has 0 amide bonds. The van der Waals surface area contributed by atoms with Crippen molar-refractivity contribution in [3.8, 4) is 0 Å². The van der Waals surface area contributed by atoms with E-state index >= 15 is 0 Å². The molecule has 7 heteroatoms. The lowest BCUT2D eigenvalue weighted by Gasteiger charge is -2.29. The van der Waals surface area contributed by atoms with Gasteiger partial charge in [0.15, 0.2) is 0 Å². The summed E-state index contributed by atoms with van der Waals surface area (Å²) in [6.07, 6.45) is 3.82. The smallest absolute Gasteiger partial charge is 0.241 e. The van der Waals surface area contributed by atoms with Gasteiger partial charge in [-0.1, -0.05) is 13.8 Å². The minimum atomic E-state index is -3.54. The third kappa shape index (κ3) is 3.95. The monoisotopic (exact) mass is 323 g/mol. The van der Waals surface area contributed by atoms with Crippen LogP contribution in [0.1, 0.15) is 31.6 Å². The molecule has 4 nitrogen and oxygen atoms in total. The van der Waals surface area contributed by atoms with Crippen LogP contribution in [0.5, 0.6) is 0 Å². The van der Waals surface area contributed by atoms with E-state index in [9.17, 15) is 8.42 Å². The second-order valence-corrected chi connectivity index (χ2v) is 8.30. The summed E-state index contributed by atoms with van der Waals surface area (Å²) < 4.78 is 27.1. The van der Waals surface area contributed by atoms with Gasteiger partial charge in [0.1, 0.15) is 0 Å². The summed E-state index contributed by atoms with van der Waals surface area (Å²) in [7, 11) is -3.54. The van der Waals surface area contributed by atoms with E-state index < -0.39 is 10.0 Å². The molecule has 0 saturated carbocycles. The van der Waals surface area contributed by atoms with Crippen molar-refractivity contribution in [2.75, 3.05) is 12.8 Å². The van der Waals surface area contributed by atoms with Crippen LogP contribution in [-0.2, 0) is 16.6 Å². The number of hydrogen-bond donors (Lipinski definition) is 2. The Morgan fingerprint density at radius 3 is 2.53 bits per heavy atom. The van der Waals surface area contributed by atoms with Crippen LogP contribution in [0, 0.1) is 0 Å². The summed E-state index contributed by atoms with van der Waals surface area (Å²) in [5, 5.41) is 10.8. The summed E-state index contributed by atoms with van der Waals surface area (Å²) in [4.78, 5) is 0.678. The largest absolute Gasteiger partial charge is 0.391 e. The standard InChI is InChI=1S/C12H21NO3S3/c1-4-12(5-2,17-3)9-13-19(15,16)11-6-7-18-10(11)8-14/h6-7,13-14H,4-5,8-9H2,1-3H3. The molecule has 1 aromatic rings. The molecule has 0 bridgehead atoms. The predicted molar refractivity (Wildman–Crippen MR) is 82.3 cm³/mol. The third-order valence-electron chi connectivity index (χ3n) is 3.44. The van der Waals surface area contributed by atoms with Crippen molar-refractivity contribution in [3.05, 3.63) is 16.3 Å². The predicted octanol–water partition coefficient (Wildman–Crippen LogP) is 2.44. The normalized spacial score (nSPS) is 12.8. The van der Waals surface area contributed by atoms with Crippen LogP contribution in [0.2, 0.25) is 0 Å². The van der Waals surface area contributed by atoms with Crippen molar-refractivity contribution < 1.29 is 13.5 Å². The molecule has 0 radical (unpaired) electrons. The van der Waals surface area contributed by atoms with Crippen LogP contribution in [-0.4, -0.2) is 31.1 Å². The van der Waals surface area contributed by atoms with Gasteiger partial charge in [0.2, 0.25) is 10.0 Å². The maximum absolute atomic E-state index is 12.2. The van der Waals surface area contributed by atoms with Crippen molar-refractivity contribution >= 4 is 33.1 Å². The zero-order valence-corrected chi connectivity index (χ0v) is 13.9. The number of rotatable bonds is 8. The van der Waals surface area contributed by atoms with Crippen LogP contribution in [0.4, 0.5) is 0 Å². The van der Waals surface area contributed by atoms with E-state index in [4.69, 9.17) is 5.11 Å². The minimum Gasteiger partial charge on any atom is -0.391 e. The molecule has 2 N–H and O–H groups in total. The van der Waals surface area contributed by atoms with Gasteiger partial charge in [-0.3, -0.25) is 0 Å².